The molecule has 2 atom stereocenters. The van der Waals surface area contributed by atoms with E-state index in [1.807, 2.05) is 48.0 Å². The van der Waals surface area contributed by atoms with Crippen LogP contribution in [0, 0.1) is 5.92 Å². The standard InChI is InChI=1S/C23H20N4O2S.H2/c1-27-21(29)10-20(23-6-7-24-12-18(23)11-23)26-22(27)25-13-19(28)16-4-2-3-15(9-16)17-5-8-30-14-17;/h2-10,12,14,18H,11,13H2,1H3,(H,25,26);1H. The van der Waals surface area contributed by atoms with Crippen LogP contribution in [0.15, 0.2) is 69.2 Å². The minimum atomic E-state index is -0.232. The minimum Gasteiger partial charge on any atom is -0.348 e. The third-order valence-electron chi connectivity index (χ3n) is 5.84. The maximum atomic E-state index is 12.8. The molecule has 0 radical (unpaired) electrons. The van der Waals surface area contributed by atoms with Gasteiger partial charge < -0.3 is 5.32 Å². The summed E-state index contributed by atoms with van der Waals surface area (Å²) in [4.78, 5) is 34.1. The predicted octanol–water partition coefficient (Wildman–Crippen LogP) is 3.91. The second-order valence-corrected chi connectivity index (χ2v) is 8.48. The van der Waals surface area contributed by atoms with Gasteiger partial charge in [-0.1, -0.05) is 24.3 Å². The Balaban J connectivity index is 0.00000231. The van der Waals surface area contributed by atoms with E-state index in [4.69, 9.17) is 0 Å². The Labute approximate surface area is 179 Å². The summed E-state index contributed by atoms with van der Waals surface area (Å²) in [5, 5.41) is 7.14. The number of carbonyl (C=O) groups excluding carboxylic acids is 1. The van der Waals surface area contributed by atoms with Crippen molar-refractivity contribution >= 4 is 29.3 Å². The summed E-state index contributed by atoms with van der Waals surface area (Å²) in [6.07, 6.45) is 6.60. The van der Waals surface area contributed by atoms with E-state index in [9.17, 15) is 9.59 Å². The number of nitrogens with zero attached hydrogens (tertiary/aromatic N) is 3. The number of ketones is 1. The zero-order valence-corrected chi connectivity index (χ0v) is 17.2. The summed E-state index contributed by atoms with van der Waals surface area (Å²) in [6, 6.07) is 11.2. The topological polar surface area (TPSA) is 76.3 Å². The zero-order valence-electron chi connectivity index (χ0n) is 16.4. The number of benzene rings is 1. The third kappa shape index (κ3) is 3.21. The van der Waals surface area contributed by atoms with Crippen LogP contribution in [0.25, 0.3) is 11.1 Å². The Morgan fingerprint density at radius 1 is 1.33 bits per heavy atom. The van der Waals surface area contributed by atoms with Gasteiger partial charge in [0.2, 0.25) is 5.95 Å². The van der Waals surface area contributed by atoms with Gasteiger partial charge in [0.15, 0.2) is 5.78 Å². The van der Waals surface area contributed by atoms with Crippen molar-refractivity contribution in [2.45, 2.75) is 11.8 Å². The SMILES string of the molecule is Cn1c(NCC(=O)c2cccc(-c3ccsc3)c2)nc(C23C=CN=CC2C3)cc1=O.[HH]. The largest absolute Gasteiger partial charge is 0.348 e. The Morgan fingerprint density at radius 2 is 2.23 bits per heavy atom. The van der Waals surface area contributed by atoms with Crippen LogP contribution in [0.2, 0.25) is 0 Å². The highest BCUT2D eigenvalue weighted by atomic mass is 32.1. The highest BCUT2D eigenvalue weighted by molar-refractivity contribution is 7.08. The Hall–Kier alpha value is -3.32. The summed E-state index contributed by atoms with van der Waals surface area (Å²) in [6.45, 7) is 0.0601. The van der Waals surface area contributed by atoms with Crippen molar-refractivity contribution in [3.05, 3.63) is 81.0 Å². The average molecular weight is 419 g/mol. The number of Topliss-reactive ketones (excluding diaryl/α,β-unsaturated/α-hetero) is 1. The van der Waals surface area contributed by atoms with E-state index in [1.54, 1.807) is 30.7 Å². The first kappa shape index (κ1) is 18.7. The maximum absolute atomic E-state index is 12.8. The van der Waals surface area contributed by atoms with E-state index in [-0.39, 0.29) is 30.6 Å². The summed E-state index contributed by atoms with van der Waals surface area (Å²) < 4.78 is 1.44. The predicted molar refractivity (Wildman–Crippen MR) is 122 cm³/mol. The van der Waals surface area contributed by atoms with Crippen LogP contribution in [-0.4, -0.2) is 28.1 Å². The van der Waals surface area contributed by atoms with Crippen LogP contribution in [0.5, 0.6) is 0 Å². The van der Waals surface area contributed by atoms with Crippen molar-refractivity contribution in [3.8, 4) is 11.1 Å². The summed E-state index contributed by atoms with van der Waals surface area (Å²) in [7, 11) is 1.66. The molecule has 1 fully saturated rings. The van der Waals surface area contributed by atoms with E-state index >= 15 is 0 Å². The van der Waals surface area contributed by atoms with E-state index in [0.717, 1.165) is 23.2 Å². The lowest BCUT2D eigenvalue weighted by Crippen LogP contribution is -2.27. The lowest BCUT2D eigenvalue weighted by atomic mass is 9.98. The van der Waals surface area contributed by atoms with Gasteiger partial charge in [0.05, 0.1) is 12.2 Å². The molecule has 1 aliphatic carbocycles. The number of hydrogen-bond donors (Lipinski definition) is 1. The first-order valence-electron chi connectivity index (χ1n) is 9.76. The Kier molecular flexibility index (Phi) is 4.47. The molecule has 6 nitrogen and oxygen atoms in total. The van der Waals surface area contributed by atoms with E-state index < -0.39 is 0 Å². The molecule has 5 rings (SSSR count). The molecule has 0 spiro atoms. The molecule has 152 valence electrons. The highest BCUT2D eigenvalue weighted by Gasteiger charge is 2.55. The van der Waals surface area contributed by atoms with Crippen LogP contribution in [0.3, 0.4) is 0 Å². The first-order chi connectivity index (χ1) is 14.6. The molecule has 7 heteroatoms. The lowest BCUT2D eigenvalue weighted by molar-refractivity contribution is 0.101. The number of rotatable bonds is 6. The molecular formula is C23H22N4O2S. The van der Waals surface area contributed by atoms with Crippen LogP contribution >= 0.6 is 11.3 Å². The molecule has 0 amide bonds. The van der Waals surface area contributed by atoms with Gasteiger partial charge in [-0.25, -0.2) is 4.98 Å². The van der Waals surface area contributed by atoms with E-state index in [2.05, 4.69) is 20.7 Å². The van der Waals surface area contributed by atoms with Gasteiger partial charge in [0.1, 0.15) is 0 Å². The Morgan fingerprint density at radius 3 is 3.03 bits per heavy atom. The van der Waals surface area contributed by atoms with Crippen LogP contribution in [0.4, 0.5) is 5.95 Å². The number of aliphatic imine (C=N–C) groups is 1. The number of thiophene rings is 1. The molecule has 2 unspecified atom stereocenters. The van der Waals surface area contributed by atoms with Crippen molar-refractivity contribution in [3.63, 3.8) is 0 Å². The van der Waals surface area contributed by atoms with Crippen molar-refractivity contribution in [2.75, 3.05) is 11.9 Å². The van der Waals surface area contributed by atoms with Gasteiger partial charge in [-0.05, 0) is 40.4 Å². The average Bonchev–Trinajstić information content (AvgIpc) is 3.27. The molecule has 30 heavy (non-hydrogen) atoms. The first-order valence-corrected chi connectivity index (χ1v) is 10.7. The van der Waals surface area contributed by atoms with Crippen LogP contribution < -0.4 is 10.9 Å². The fourth-order valence-corrected chi connectivity index (χ4v) is 4.56. The number of nitrogens with one attached hydrogen (secondary N) is 1. The van der Waals surface area contributed by atoms with Gasteiger partial charge >= 0.3 is 0 Å². The molecule has 3 heterocycles. The zero-order chi connectivity index (χ0) is 20.7. The smallest absolute Gasteiger partial charge is 0.254 e. The van der Waals surface area contributed by atoms with Crippen LogP contribution in [0.1, 0.15) is 23.9 Å². The van der Waals surface area contributed by atoms with Crippen molar-refractivity contribution < 1.29 is 6.22 Å². The van der Waals surface area contributed by atoms with Gasteiger partial charge in [-0.15, -0.1) is 0 Å². The maximum Gasteiger partial charge on any atom is 0.254 e. The molecule has 0 saturated heterocycles. The fraction of sp³-hybridized carbons (Fsp3) is 0.217. The number of fused-ring (bicyclic) bond motifs is 1. The monoisotopic (exact) mass is 418 g/mol. The third-order valence-corrected chi connectivity index (χ3v) is 6.52. The van der Waals surface area contributed by atoms with Crippen LogP contribution in [-0.2, 0) is 12.5 Å². The number of anilines is 1. The quantitative estimate of drug-likeness (QED) is 0.616. The molecule has 1 aromatic carbocycles. The second kappa shape index (κ2) is 7.18. The van der Waals surface area contributed by atoms with Crippen molar-refractivity contribution in [2.24, 2.45) is 18.0 Å². The minimum absolute atomic E-state index is 0. The molecule has 1 N–H and O–H groups in total. The number of allylic oxidation sites excluding steroid dienone is 1. The molecule has 3 aromatic rings. The van der Waals surface area contributed by atoms with E-state index in [1.165, 1.54) is 4.57 Å². The lowest BCUT2D eigenvalue weighted by Gasteiger charge is -2.16. The Bertz CT molecular complexity index is 1250. The van der Waals surface area contributed by atoms with Crippen molar-refractivity contribution in [1.29, 1.82) is 0 Å². The molecule has 2 aromatic heterocycles. The summed E-state index contributed by atoms with van der Waals surface area (Å²) in [5.74, 6) is 0.631. The number of carbonyl (C=O) groups is 1. The van der Waals surface area contributed by atoms with Gasteiger partial charge in [-0.3, -0.25) is 19.1 Å². The molecule has 1 saturated carbocycles. The molecule has 1 aliphatic heterocycles. The van der Waals surface area contributed by atoms with E-state index in [0.29, 0.717) is 11.5 Å². The summed E-state index contributed by atoms with van der Waals surface area (Å²) in [5.41, 5.74) is 3.09. The molecular weight excluding hydrogens is 396 g/mol. The highest BCUT2D eigenvalue weighted by Crippen LogP contribution is 2.55. The van der Waals surface area contributed by atoms with Crippen molar-refractivity contribution in [1.82, 2.24) is 9.55 Å². The number of aromatic nitrogens is 2. The second-order valence-electron chi connectivity index (χ2n) is 7.70. The normalized spacial score (nSPS) is 21.3. The van der Waals surface area contributed by atoms with Gasteiger partial charge in [0.25, 0.3) is 5.56 Å². The summed E-state index contributed by atoms with van der Waals surface area (Å²) >= 11 is 1.62. The van der Waals surface area contributed by atoms with Gasteiger partial charge in [-0.2, -0.15) is 11.3 Å². The molecule has 2 aliphatic rings. The van der Waals surface area contributed by atoms with Gasteiger partial charge in [0, 0.05) is 43.9 Å². The molecule has 0 bridgehead atoms. The number of hydrogen-bond acceptors (Lipinski definition) is 6. The fourth-order valence-electron chi connectivity index (χ4n) is 3.89.